The van der Waals surface area contributed by atoms with Crippen LogP contribution < -0.4 is 5.32 Å². The maximum Gasteiger partial charge on any atom is 0.251 e. The first kappa shape index (κ1) is 19.9. The SMILES string of the molecule is CS(=O)(=O)c1ccc(C(=O)NC2CCCC2CCc2ccc(Cl)cc2)cc1. The van der Waals surface area contributed by atoms with E-state index in [0.717, 1.165) is 43.4 Å². The van der Waals surface area contributed by atoms with Crippen LogP contribution in [0.5, 0.6) is 0 Å². The molecule has 0 bridgehead atoms. The van der Waals surface area contributed by atoms with E-state index in [4.69, 9.17) is 11.6 Å². The summed E-state index contributed by atoms with van der Waals surface area (Å²) in [6.45, 7) is 0. The lowest BCUT2D eigenvalue weighted by molar-refractivity contribution is 0.0926. The van der Waals surface area contributed by atoms with Crippen LogP contribution in [0, 0.1) is 5.92 Å². The fraction of sp³-hybridized carbons (Fsp3) is 0.381. The molecule has 6 heteroatoms. The Kier molecular flexibility index (Phi) is 6.22. The summed E-state index contributed by atoms with van der Waals surface area (Å²) in [5.74, 6) is 0.318. The van der Waals surface area contributed by atoms with E-state index in [-0.39, 0.29) is 16.8 Å². The van der Waals surface area contributed by atoms with Gasteiger partial charge in [-0.2, -0.15) is 0 Å². The van der Waals surface area contributed by atoms with E-state index < -0.39 is 9.84 Å². The van der Waals surface area contributed by atoms with Crippen molar-refractivity contribution in [3.63, 3.8) is 0 Å². The molecule has 1 saturated carbocycles. The van der Waals surface area contributed by atoms with Gasteiger partial charge >= 0.3 is 0 Å². The van der Waals surface area contributed by atoms with Gasteiger partial charge < -0.3 is 5.32 Å². The molecule has 1 aliphatic rings. The number of amides is 1. The molecule has 0 aromatic heterocycles. The molecule has 1 aliphatic carbocycles. The van der Waals surface area contributed by atoms with Crippen molar-refractivity contribution in [2.45, 2.75) is 43.0 Å². The lowest BCUT2D eigenvalue weighted by Gasteiger charge is -2.21. The maximum absolute atomic E-state index is 12.5. The van der Waals surface area contributed by atoms with Crippen LogP contribution in [-0.4, -0.2) is 26.6 Å². The normalized spacial score (nSPS) is 19.8. The lowest BCUT2D eigenvalue weighted by atomic mass is 9.94. The molecule has 2 aromatic carbocycles. The molecule has 0 radical (unpaired) electrons. The molecule has 1 fully saturated rings. The Bertz CT molecular complexity index is 892. The molecular formula is C21H24ClNO3S. The fourth-order valence-corrected chi connectivity index (χ4v) is 4.44. The molecule has 2 atom stereocenters. The molecule has 0 saturated heterocycles. The van der Waals surface area contributed by atoms with Crippen LogP contribution in [0.2, 0.25) is 5.02 Å². The van der Waals surface area contributed by atoms with Crippen LogP contribution in [0.1, 0.15) is 41.6 Å². The molecule has 0 aliphatic heterocycles. The highest BCUT2D eigenvalue weighted by Gasteiger charge is 2.28. The highest BCUT2D eigenvalue weighted by molar-refractivity contribution is 7.90. The Morgan fingerprint density at radius 3 is 2.37 bits per heavy atom. The topological polar surface area (TPSA) is 63.2 Å². The molecule has 0 spiro atoms. The number of sulfone groups is 1. The zero-order chi connectivity index (χ0) is 19.4. The number of hydrogen-bond acceptors (Lipinski definition) is 3. The Balaban J connectivity index is 1.58. The Labute approximate surface area is 165 Å². The zero-order valence-electron chi connectivity index (χ0n) is 15.3. The Morgan fingerprint density at radius 1 is 1.07 bits per heavy atom. The molecule has 3 rings (SSSR count). The third kappa shape index (κ3) is 5.33. The van der Waals surface area contributed by atoms with Gasteiger partial charge in [0.2, 0.25) is 0 Å². The summed E-state index contributed by atoms with van der Waals surface area (Å²) in [5.41, 5.74) is 1.75. The summed E-state index contributed by atoms with van der Waals surface area (Å²) >= 11 is 5.93. The lowest BCUT2D eigenvalue weighted by Crippen LogP contribution is -2.37. The van der Waals surface area contributed by atoms with Gasteiger partial charge in [-0.3, -0.25) is 4.79 Å². The molecule has 2 aromatic rings. The van der Waals surface area contributed by atoms with Gasteiger partial charge in [0.05, 0.1) is 4.90 Å². The van der Waals surface area contributed by atoms with Gasteiger partial charge in [0.15, 0.2) is 9.84 Å². The van der Waals surface area contributed by atoms with Gasteiger partial charge in [-0.25, -0.2) is 8.42 Å². The summed E-state index contributed by atoms with van der Waals surface area (Å²) in [4.78, 5) is 12.8. The van der Waals surface area contributed by atoms with Crippen molar-refractivity contribution in [3.05, 3.63) is 64.7 Å². The molecule has 2 unspecified atom stereocenters. The molecule has 27 heavy (non-hydrogen) atoms. The number of aryl methyl sites for hydroxylation is 1. The van der Waals surface area contributed by atoms with Crippen LogP contribution in [0.15, 0.2) is 53.4 Å². The summed E-state index contributed by atoms with van der Waals surface area (Å²) in [7, 11) is -3.25. The first-order chi connectivity index (χ1) is 12.8. The van der Waals surface area contributed by atoms with Gasteiger partial charge in [0, 0.05) is 22.9 Å². The van der Waals surface area contributed by atoms with E-state index in [1.807, 2.05) is 24.3 Å². The number of rotatable bonds is 6. The van der Waals surface area contributed by atoms with Gasteiger partial charge in [-0.1, -0.05) is 30.2 Å². The standard InChI is InChI=1S/C21H24ClNO3S/c1-27(25,26)19-13-9-17(10-14-19)21(24)23-20-4-2-3-16(20)8-5-15-6-11-18(22)12-7-15/h6-7,9-14,16,20H,2-5,8H2,1H3,(H,23,24). The van der Waals surface area contributed by atoms with Gasteiger partial charge in [-0.05, 0) is 73.6 Å². The van der Waals surface area contributed by atoms with Crippen LogP contribution in [-0.2, 0) is 16.3 Å². The van der Waals surface area contributed by atoms with Crippen molar-refractivity contribution in [2.75, 3.05) is 6.26 Å². The van der Waals surface area contributed by atoms with Crippen LogP contribution >= 0.6 is 11.6 Å². The minimum atomic E-state index is -3.25. The van der Waals surface area contributed by atoms with E-state index in [0.29, 0.717) is 11.5 Å². The van der Waals surface area contributed by atoms with Crippen molar-refractivity contribution in [1.82, 2.24) is 5.32 Å². The second-order valence-corrected chi connectivity index (χ2v) is 9.68. The largest absolute Gasteiger partial charge is 0.349 e. The van der Waals surface area contributed by atoms with E-state index in [2.05, 4.69) is 5.32 Å². The average molecular weight is 406 g/mol. The highest BCUT2D eigenvalue weighted by atomic mass is 35.5. The number of carbonyl (C=O) groups is 1. The first-order valence-corrected chi connectivity index (χ1v) is 11.5. The van der Waals surface area contributed by atoms with Crippen molar-refractivity contribution in [2.24, 2.45) is 5.92 Å². The minimum absolute atomic E-state index is 0.140. The van der Waals surface area contributed by atoms with Gasteiger partial charge in [0.1, 0.15) is 0 Å². The summed E-state index contributed by atoms with van der Waals surface area (Å²) in [6.07, 6.45) is 6.37. The van der Waals surface area contributed by atoms with Gasteiger partial charge in [-0.15, -0.1) is 0 Å². The van der Waals surface area contributed by atoms with Crippen molar-refractivity contribution in [1.29, 1.82) is 0 Å². The molecular weight excluding hydrogens is 382 g/mol. The fourth-order valence-electron chi connectivity index (χ4n) is 3.68. The number of nitrogens with one attached hydrogen (secondary N) is 1. The van der Waals surface area contributed by atoms with Crippen LogP contribution in [0.3, 0.4) is 0 Å². The summed E-state index contributed by atoms with van der Waals surface area (Å²) in [5, 5.41) is 3.88. The zero-order valence-corrected chi connectivity index (χ0v) is 16.9. The molecule has 0 heterocycles. The molecule has 1 N–H and O–H groups in total. The van der Waals surface area contributed by atoms with Crippen molar-refractivity contribution < 1.29 is 13.2 Å². The second kappa shape index (κ2) is 8.44. The minimum Gasteiger partial charge on any atom is -0.349 e. The number of halogens is 1. The quantitative estimate of drug-likeness (QED) is 0.780. The van der Waals surface area contributed by atoms with Crippen molar-refractivity contribution in [3.8, 4) is 0 Å². The monoisotopic (exact) mass is 405 g/mol. The predicted octanol–water partition coefficient (Wildman–Crippen LogP) is 4.27. The molecule has 4 nitrogen and oxygen atoms in total. The Morgan fingerprint density at radius 2 is 1.74 bits per heavy atom. The second-order valence-electron chi connectivity index (χ2n) is 7.23. The van der Waals surface area contributed by atoms with E-state index in [1.54, 1.807) is 12.1 Å². The maximum atomic E-state index is 12.5. The smallest absolute Gasteiger partial charge is 0.251 e. The average Bonchev–Trinajstić information content (AvgIpc) is 3.07. The van der Waals surface area contributed by atoms with Gasteiger partial charge in [0.25, 0.3) is 5.91 Å². The van der Waals surface area contributed by atoms with Crippen molar-refractivity contribution >= 4 is 27.3 Å². The van der Waals surface area contributed by atoms with E-state index in [1.165, 1.54) is 17.7 Å². The first-order valence-electron chi connectivity index (χ1n) is 9.18. The third-order valence-corrected chi connectivity index (χ3v) is 6.62. The molecule has 144 valence electrons. The van der Waals surface area contributed by atoms with E-state index >= 15 is 0 Å². The third-order valence-electron chi connectivity index (χ3n) is 5.24. The number of benzene rings is 2. The number of hydrogen-bond donors (Lipinski definition) is 1. The number of carbonyl (C=O) groups excluding carboxylic acids is 1. The van der Waals surface area contributed by atoms with E-state index in [9.17, 15) is 13.2 Å². The summed E-state index contributed by atoms with van der Waals surface area (Å²) < 4.78 is 23.1. The molecule has 1 amide bonds. The van der Waals surface area contributed by atoms with Crippen LogP contribution in [0.25, 0.3) is 0 Å². The van der Waals surface area contributed by atoms with Crippen LogP contribution in [0.4, 0.5) is 0 Å². The highest BCUT2D eigenvalue weighted by Crippen LogP contribution is 2.30. The predicted molar refractivity (Wildman–Crippen MR) is 108 cm³/mol. The Hall–Kier alpha value is -1.85. The summed E-state index contributed by atoms with van der Waals surface area (Å²) in [6, 6.07) is 14.2.